The van der Waals surface area contributed by atoms with Crippen LogP contribution in [0.15, 0.2) is 22.0 Å². The highest BCUT2D eigenvalue weighted by molar-refractivity contribution is 9.10. The van der Waals surface area contributed by atoms with E-state index in [1.807, 2.05) is 0 Å². The van der Waals surface area contributed by atoms with Crippen LogP contribution >= 0.6 is 26.6 Å². The van der Waals surface area contributed by atoms with Gasteiger partial charge < -0.3 is 0 Å². The van der Waals surface area contributed by atoms with Gasteiger partial charge in [0.2, 0.25) is 5.03 Å². The van der Waals surface area contributed by atoms with Crippen LogP contribution in [0.3, 0.4) is 0 Å². The molecule has 0 saturated carbocycles. The first-order valence-electron chi connectivity index (χ1n) is 2.43. The predicted molar refractivity (Wildman–Crippen MR) is 42.8 cm³/mol. The zero-order chi connectivity index (χ0) is 8.48. The Kier molecular flexibility index (Phi) is 2.46. The summed E-state index contributed by atoms with van der Waals surface area (Å²) < 4.78 is 21.5. The Balaban J connectivity index is 3.37. The van der Waals surface area contributed by atoms with E-state index < -0.39 is 9.05 Å². The summed E-state index contributed by atoms with van der Waals surface area (Å²) >= 11 is 2.89. The van der Waals surface area contributed by atoms with Gasteiger partial charge >= 0.3 is 0 Å². The van der Waals surface area contributed by atoms with Gasteiger partial charge in [-0.3, -0.25) is 0 Å². The minimum absolute atomic E-state index is 0.120. The molecule has 0 radical (unpaired) electrons. The zero-order valence-electron chi connectivity index (χ0n) is 5.03. The normalized spacial score (nSPS) is 11.5. The molecule has 0 aliphatic heterocycles. The zero-order valence-corrected chi connectivity index (χ0v) is 8.19. The molecule has 0 unspecified atom stereocenters. The minimum Gasteiger partial charge on any atom is -0.245 e. The van der Waals surface area contributed by atoms with E-state index in [-0.39, 0.29) is 9.63 Å². The van der Waals surface area contributed by atoms with Crippen molar-refractivity contribution in [1.82, 2.24) is 9.97 Å². The lowest BCUT2D eigenvalue weighted by molar-refractivity contribution is 0.604. The summed E-state index contributed by atoms with van der Waals surface area (Å²) in [5.74, 6) is 0. The summed E-state index contributed by atoms with van der Waals surface area (Å²) in [6.07, 6.45) is 2.61. The van der Waals surface area contributed by atoms with Crippen molar-refractivity contribution in [1.29, 1.82) is 0 Å². The summed E-state index contributed by atoms with van der Waals surface area (Å²) in [5.41, 5.74) is 0. The Labute approximate surface area is 76.2 Å². The summed E-state index contributed by atoms with van der Waals surface area (Å²) in [6, 6.07) is 0. The van der Waals surface area contributed by atoms with E-state index in [0.717, 1.165) is 0 Å². The van der Waals surface area contributed by atoms with E-state index in [1.165, 1.54) is 12.4 Å². The van der Waals surface area contributed by atoms with E-state index in [1.54, 1.807) is 0 Å². The van der Waals surface area contributed by atoms with Crippen LogP contribution < -0.4 is 0 Å². The molecule has 11 heavy (non-hydrogen) atoms. The smallest absolute Gasteiger partial charge is 0.245 e. The molecule has 0 spiro atoms. The molecule has 1 rings (SSSR count). The third-order valence-electron chi connectivity index (χ3n) is 0.854. The first-order chi connectivity index (χ1) is 5.02. The van der Waals surface area contributed by atoms with Crippen molar-refractivity contribution in [3.63, 3.8) is 0 Å². The molecule has 0 aliphatic carbocycles. The highest BCUT2D eigenvalue weighted by Gasteiger charge is 2.15. The standard InChI is InChI=1S/C4H2BrClN2O2S/c5-3-4(11(6,9)10)8-2-1-7-3/h1-2H. The minimum atomic E-state index is -3.78. The second kappa shape index (κ2) is 3.04. The summed E-state index contributed by atoms with van der Waals surface area (Å²) in [6.45, 7) is 0. The molecule has 0 amide bonds. The van der Waals surface area contributed by atoms with Crippen molar-refractivity contribution in [3.05, 3.63) is 17.0 Å². The first-order valence-corrected chi connectivity index (χ1v) is 5.53. The first kappa shape index (κ1) is 8.89. The SMILES string of the molecule is O=S(=O)(Cl)c1nccnc1Br. The number of aromatic nitrogens is 2. The maximum Gasteiger partial charge on any atom is 0.281 e. The quantitative estimate of drug-likeness (QED) is 0.709. The van der Waals surface area contributed by atoms with Gasteiger partial charge in [-0.05, 0) is 15.9 Å². The Hall–Kier alpha value is -0.200. The highest BCUT2D eigenvalue weighted by Crippen LogP contribution is 2.18. The molecular formula is C4H2BrClN2O2S. The fourth-order valence-corrected chi connectivity index (χ4v) is 2.39. The van der Waals surface area contributed by atoms with Crippen molar-refractivity contribution in [2.24, 2.45) is 0 Å². The van der Waals surface area contributed by atoms with E-state index in [0.29, 0.717) is 0 Å². The number of nitrogens with zero attached hydrogens (tertiary/aromatic N) is 2. The molecule has 0 N–H and O–H groups in total. The van der Waals surface area contributed by atoms with Crippen LogP contribution in [0.2, 0.25) is 0 Å². The third kappa shape index (κ3) is 2.11. The molecule has 0 bridgehead atoms. The lowest BCUT2D eigenvalue weighted by Gasteiger charge is -1.94. The Morgan fingerprint density at radius 2 is 1.91 bits per heavy atom. The molecule has 0 saturated heterocycles. The molecule has 7 heteroatoms. The molecule has 1 aromatic rings. The Morgan fingerprint density at radius 1 is 1.36 bits per heavy atom. The highest BCUT2D eigenvalue weighted by atomic mass is 79.9. The van der Waals surface area contributed by atoms with Crippen molar-refractivity contribution < 1.29 is 8.42 Å². The number of halogens is 2. The van der Waals surface area contributed by atoms with E-state index in [4.69, 9.17) is 10.7 Å². The molecule has 0 aromatic carbocycles. The van der Waals surface area contributed by atoms with Crippen LogP contribution in [0.5, 0.6) is 0 Å². The average Bonchev–Trinajstić information content (AvgIpc) is 1.86. The van der Waals surface area contributed by atoms with E-state index >= 15 is 0 Å². The Bertz CT molecular complexity index is 366. The Morgan fingerprint density at radius 3 is 2.27 bits per heavy atom. The maximum atomic E-state index is 10.7. The lowest BCUT2D eigenvalue weighted by Crippen LogP contribution is -1.96. The van der Waals surface area contributed by atoms with Crippen LogP contribution in [-0.2, 0) is 9.05 Å². The summed E-state index contributed by atoms with van der Waals surface area (Å²) in [5, 5.41) is -0.262. The molecule has 1 aromatic heterocycles. The number of hydrogen-bond donors (Lipinski definition) is 0. The average molecular weight is 257 g/mol. The van der Waals surface area contributed by atoms with Crippen LogP contribution in [0.25, 0.3) is 0 Å². The monoisotopic (exact) mass is 256 g/mol. The van der Waals surface area contributed by atoms with Crippen molar-refractivity contribution >= 4 is 35.7 Å². The van der Waals surface area contributed by atoms with Crippen LogP contribution in [-0.4, -0.2) is 18.4 Å². The summed E-state index contributed by atoms with van der Waals surface area (Å²) in [7, 11) is 1.22. The van der Waals surface area contributed by atoms with Crippen molar-refractivity contribution in [3.8, 4) is 0 Å². The molecule has 4 nitrogen and oxygen atoms in total. The fraction of sp³-hybridized carbons (Fsp3) is 0. The predicted octanol–water partition coefficient (Wildman–Crippen LogP) is 1.17. The maximum absolute atomic E-state index is 10.7. The number of hydrogen-bond acceptors (Lipinski definition) is 4. The van der Waals surface area contributed by atoms with E-state index in [2.05, 4.69) is 25.9 Å². The van der Waals surface area contributed by atoms with Crippen molar-refractivity contribution in [2.45, 2.75) is 5.03 Å². The topological polar surface area (TPSA) is 59.9 Å². The number of rotatable bonds is 1. The van der Waals surface area contributed by atoms with Crippen LogP contribution in [0.1, 0.15) is 0 Å². The van der Waals surface area contributed by atoms with Crippen LogP contribution in [0.4, 0.5) is 0 Å². The summed E-state index contributed by atoms with van der Waals surface area (Å²) in [4.78, 5) is 7.16. The lowest BCUT2D eigenvalue weighted by atomic mass is 10.8. The second-order valence-corrected chi connectivity index (χ2v) is 4.82. The molecule has 0 atom stereocenters. The largest absolute Gasteiger partial charge is 0.281 e. The third-order valence-corrected chi connectivity index (χ3v) is 2.90. The van der Waals surface area contributed by atoms with Crippen LogP contribution in [0, 0.1) is 0 Å². The van der Waals surface area contributed by atoms with E-state index in [9.17, 15) is 8.42 Å². The van der Waals surface area contributed by atoms with Gasteiger partial charge in [-0.2, -0.15) is 0 Å². The van der Waals surface area contributed by atoms with Gasteiger partial charge in [0.15, 0.2) is 0 Å². The van der Waals surface area contributed by atoms with Gasteiger partial charge in [0.1, 0.15) is 4.60 Å². The molecule has 0 aliphatic rings. The second-order valence-electron chi connectivity index (χ2n) is 1.59. The van der Waals surface area contributed by atoms with Gasteiger partial charge in [-0.15, -0.1) is 0 Å². The molecule has 1 heterocycles. The molecule has 0 fully saturated rings. The van der Waals surface area contributed by atoms with Gasteiger partial charge in [-0.1, -0.05) is 0 Å². The molecular weight excluding hydrogens is 255 g/mol. The van der Waals surface area contributed by atoms with Gasteiger partial charge in [0, 0.05) is 23.1 Å². The fourth-order valence-electron chi connectivity index (χ4n) is 0.472. The van der Waals surface area contributed by atoms with Gasteiger partial charge in [-0.25, -0.2) is 18.4 Å². The van der Waals surface area contributed by atoms with Gasteiger partial charge in [0.25, 0.3) is 9.05 Å². The molecule has 60 valence electrons. The van der Waals surface area contributed by atoms with Crippen molar-refractivity contribution in [2.75, 3.05) is 0 Å². The van der Waals surface area contributed by atoms with Gasteiger partial charge in [0.05, 0.1) is 0 Å².